The van der Waals surface area contributed by atoms with E-state index in [9.17, 15) is 0 Å². The number of benzene rings is 1. The lowest BCUT2D eigenvalue weighted by Gasteiger charge is -2.15. The summed E-state index contributed by atoms with van der Waals surface area (Å²) in [5, 5.41) is 8.73. The van der Waals surface area contributed by atoms with Gasteiger partial charge in [-0.05, 0) is 19.5 Å². The molecule has 86 valence electrons. The quantitative estimate of drug-likeness (QED) is 0.823. The molecule has 0 saturated heterocycles. The number of rotatable bonds is 4. The Hall–Kier alpha value is -0.860. The highest BCUT2D eigenvalue weighted by Gasteiger charge is 1.98. The highest BCUT2D eigenvalue weighted by molar-refractivity contribution is 5.21. The van der Waals surface area contributed by atoms with Crippen molar-refractivity contribution in [1.29, 1.82) is 0 Å². The van der Waals surface area contributed by atoms with Gasteiger partial charge in [0, 0.05) is 13.1 Å². The Kier molecular flexibility index (Phi) is 7.96. The summed E-state index contributed by atoms with van der Waals surface area (Å²) in [6.45, 7) is 7.95. The van der Waals surface area contributed by atoms with Crippen LogP contribution in [0.15, 0.2) is 24.3 Å². The van der Waals surface area contributed by atoms with Gasteiger partial charge in [-0.25, -0.2) is 0 Å². The largest absolute Gasteiger partial charge is 0.395 e. The van der Waals surface area contributed by atoms with Crippen molar-refractivity contribution in [3.05, 3.63) is 35.4 Å². The molecule has 2 nitrogen and oxygen atoms in total. The van der Waals surface area contributed by atoms with Gasteiger partial charge in [0.25, 0.3) is 0 Å². The van der Waals surface area contributed by atoms with E-state index in [1.807, 2.05) is 20.9 Å². The molecule has 0 aliphatic carbocycles. The van der Waals surface area contributed by atoms with Crippen LogP contribution in [-0.2, 0) is 6.54 Å². The van der Waals surface area contributed by atoms with Crippen LogP contribution in [0.25, 0.3) is 0 Å². The Bertz CT molecular complexity index is 260. The lowest BCUT2D eigenvalue weighted by Crippen LogP contribution is -2.21. The second kappa shape index (κ2) is 8.45. The molecule has 0 amide bonds. The molecule has 1 N–H and O–H groups in total. The predicted molar refractivity (Wildman–Crippen MR) is 65.9 cm³/mol. The van der Waals surface area contributed by atoms with Crippen LogP contribution < -0.4 is 0 Å². The Balaban J connectivity index is 0.000000921. The minimum Gasteiger partial charge on any atom is -0.395 e. The smallest absolute Gasteiger partial charge is 0.0558 e. The maximum Gasteiger partial charge on any atom is 0.0558 e. The molecule has 15 heavy (non-hydrogen) atoms. The van der Waals surface area contributed by atoms with Gasteiger partial charge in [-0.1, -0.05) is 43.7 Å². The predicted octanol–water partition coefficient (Wildman–Crippen LogP) is 2.45. The third kappa shape index (κ3) is 6.26. The van der Waals surface area contributed by atoms with E-state index in [1.165, 1.54) is 11.1 Å². The van der Waals surface area contributed by atoms with Crippen LogP contribution in [0.1, 0.15) is 25.0 Å². The lowest BCUT2D eigenvalue weighted by molar-refractivity contribution is 0.217. The first-order chi connectivity index (χ1) is 7.22. The summed E-state index contributed by atoms with van der Waals surface area (Å²) in [5.41, 5.74) is 2.59. The second-order valence-electron chi connectivity index (χ2n) is 3.45. The standard InChI is InChI=1S/C11H17NO.C2H6/c1-10-4-3-5-11(8-10)9-12(2)6-7-13;1-2/h3-5,8,13H,6-7,9H2,1-2H3;1-2H3. The van der Waals surface area contributed by atoms with Crippen LogP contribution in [-0.4, -0.2) is 30.2 Å². The number of hydrogen-bond acceptors (Lipinski definition) is 2. The first kappa shape index (κ1) is 14.1. The van der Waals surface area contributed by atoms with E-state index < -0.39 is 0 Å². The first-order valence-corrected chi connectivity index (χ1v) is 5.57. The molecule has 0 saturated carbocycles. The van der Waals surface area contributed by atoms with Crippen molar-refractivity contribution in [2.24, 2.45) is 0 Å². The van der Waals surface area contributed by atoms with Gasteiger partial charge in [0.2, 0.25) is 0 Å². The molecule has 0 fully saturated rings. The number of aryl methyl sites for hydroxylation is 1. The van der Waals surface area contributed by atoms with Crippen molar-refractivity contribution >= 4 is 0 Å². The molecule has 1 aromatic rings. The van der Waals surface area contributed by atoms with Crippen LogP contribution in [0.2, 0.25) is 0 Å². The summed E-state index contributed by atoms with van der Waals surface area (Å²) in [7, 11) is 2.01. The summed E-state index contributed by atoms with van der Waals surface area (Å²) >= 11 is 0. The summed E-state index contributed by atoms with van der Waals surface area (Å²) < 4.78 is 0. The van der Waals surface area contributed by atoms with E-state index in [1.54, 1.807) is 0 Å². The van der Waals surface area contributed by atoms with Crippen molar-refractivity contribution in [2.45, 2.75) is 27.3 Å². The molecule has 0 aliphatic rings. The van der Waals surface area contributed by atoms with Gasteiger partial charge in [-0.2, -0.15) is 0 Å². The Labute approximate surface area is 93.5 Å². The highest BCUT2D eigenvalue weighted by Crippen LogP contribution is 2.05. The first-order valence-electron chi connectivity index (χ1n) is 5.57. The van der Waals surface area contributed by atoms with Crippen LogP contribution >= 0.6 is 0 Å². The molecule has 0 atom stereocenters. The Morgan fingerprint density at radius 1 is 1.27 bits per heavy atom. The van der Waals surface area contributed by atoms with Gasteiger partial charge in [0.1, 0.15) is 0 Å². The Morgan fingerprint density at radius 2 is 1.93 bits per heavy atom. The second-order valence-corrected chi connectivity index (χ2v) is 3.45. The fourth-order valence-corrected chi connectivity index (χ4v) is 1.37. The minimum absolute atomic E-state index is 0.225. The van der Waals surface area contributed by atoms with Crippen LogP contribution in [0.5, 0.6) is 0 Å². The number of aliphatic hydroxyl groups is 1. The number of hydrogen-bond donors (Lipinski definition) is 1. The molecule has 2 heteroatoms. The SMILES string of the molecule is CC.Cc1cccc(CN(C)CCO)c1. The molecule has 0 aliphatic heterocycles. The Morgan fingerprint density at radius 3 is 2.47 bits per heavy atom. The van der Waals surface area contributed by atoms with Gasteiger partial charge >= 0.3 is 0 Å². The summed E-state index contributed by atoms with van der Waals surface area (Å²) in [6, 6.07) is 8.45. The molecule has 1 rings (SSSR count). The van der Waals surface area contributed by atoms with Gasteiger partial charge in [-0.3, -0.25) is 4.90 Å². The van der Waals surface area contributed by atoms with E-state index in [-0.39, 0.29) is 6.61 Å². The zero-order valence-electron chi connectivity index (χ0n) is 10.3. The third-order valence-corrected chi connectivity index (χ3v) is 2.02. The summed E-state index contributed by atoms with van der Waals surface area (Å²) in [5.74, 6) is 0. The van der Waals surface area contributed by atoms with Gasteiger partial charge in [0.15, 0.2) is 0 Å². The molecular formula is C13H23NO. The lowest BCUT2D eigenvalue weighted by atomic mass is 10.1. The molecule has 0 spiro atoms. The normalized spacial score (nSPS) is 9.73. The van der Waals surface area contributed by atoms with Crippen LogP contribution in [0.4, 0.5) is 0 Å². The van der Waals surface area contributed by atoms with Crippen molar-refractivity contribution in [3.8, 4) is 0 Å². The molecule has 0 aromatic heterocycles. The fourth-order valence-electron chi connectivity index (χ4n) is 1.37. The molecule has 0 unspecified atom stereocenters. The number of likely N-dealkylation sites (N-methyl/N-ethyl adjacent to an activating group) is 1. The zero-order chi connectivity index (χ0) is 11.7. The summed E-state index contributed by atoms with van der Waals surface area (Å²) in [4.78, 5) is 2.11. The van der Waals surface area contributed by atoms with E-state index >= 15 is 0 Å². The number of nitrogens with zero attached hydrogens (tertiary/aromatic N) is 1. The van der Waals surface area contributed by atoms with Gasteiger partial charge in [-0.15, -0.1) is 0 Å². The maximum absolute atomic E-state index is 8.73. The number of aliphatic hydroxyl groups excluding tert-OH is 1. The van der Waals surface area contributed by atoms with Crippen LogP contribution in [0, 0.1) is 6.92 Å². The van der Waals surface area contributed by atoms with Crippen LogP contribution in [0.3, 0.4) is 0 Å². The van der Waals surface area contributed by atoms with E-state index in [4.69, 9.17) is 5.11 Å². The van der Waals surface area contributed by atoms with E-state index in [0.717, 1.165) is 13.1 Å². The topological polar surface area (TPSA) is 23.5 Å². The van der Waals surface area contributed by atoms with Crippen molar-refractivity contribution in [1.82, 2.24) is 4.90 Å². The zero-order valence-corrected chi connectivity index (χ0v) is 10.3. The van der Waals surface area contributed by atoms with Crippen molar-refractivity contribution in [3.63, 3.8) is 0 Å². The van der Waals surface area contributed by atoms with Gasteiger partial charge < -0.3 is 5.11 Å². The maximum atomic E-state index is 8.73. The summed E-state index contributed by atoms with van der Waals surface area (Å²) in [6.07, 6.45) is 0. The molecular weight excluding hydrogens is 186 g/mol. The molecule has 0 radical (unpaired) electrons. The van der Waals surface area contributed by atoms with E-state index in [2.05, 4.69) is 36.1 Å². The fraction of sp³-hybridized carbons (Fsp3) is 0.538. The van der Waals surface area contributed by atoms with Crippen molar-refractivity contribution in [2.75, 3.05) is 20.2 Å². The monoisotopic (exact) mass is 209 g/mol. The van der Waals surface area contributed by atoms with Crippen molar-refractivity contribution < 1.29 is 5.11 Å². The average Bonchev–Trinajstić information content (AvgIpc) is 2.21. The molecule has 0 heterocycles. The molecule has 1 aromatic carbocycles. The molecule has 0 bridgehead atoms. The van der Waals surface area contributed by atoms with E-state index in [0.29, 0.717) is 0 Å². The average molecular weight is 209 g/mol. The third-order valence-electron chi connectivity index (χ3n) is 2.02. The highest BCUT2D eigenvalue weighted by atomic mass is 16.3. The minimum atomic E-state index is 0.225. The van der Waals surface area contributed by atoms with Gasteiger partial charge in [0.05, 0.1) is 6.61 Å².